The number of aromatic nitrogens is 1. The predicted octanol–water partition coefficient (Wildman–Crippen LogP) is 1.78. The van der Waals surface area contributed by atoms with E-state index in [1.54, 1.807) is 12.3 Å². The van der Waals surface area contributed by atoms with Gasteiger partial charge in [-0.2, -0.15) is 0 Å². The fraction of sp³-hybridized carbons (Fsp3) is 0.526. The molecule has 0 spiro atoms. The van der Waals surface area contributed by atoms with Gasteiger partial charge in [0.15, 0.2) is 10.8 Å². The molecule has 1 fully saturated rings. The summed E-state index contributed by atoms with van der Waals surface area (Å²) in [7, 11) is 0. The van der Waals surface area contributed by atoms with Gasteiger partial charge in [-0.25, -0.2) is 9.78 Å². The minimum atomic E-state index is -1.16. The van der Waals surface area contributed by atoms with Crippen LogP contribution in [0, 0.1) is 0 Å². The molecule has 4 N–H and O–H groups in total. The number of carbonyl (C=O) groups excluding carboxylic acids is 2. The number of oxime groups is 1. The number of nitrogens with two attached hydrogens (primary N) is 1. The monoisotopic (exact) mass is 467 g/mol. The molecule has 2 atom stereocenters. The van der Waals surface area contributed by atoms with Gasteiger partial charge in [0.1, 0.15) is 29.4 Å². The zero-order chi connectivity index (χ0) is 22.5. The van der Waals surface area contributed by atoms with E-state index in [4.69, 9.17) is 10.6 Å². The predicted molar refractivity (Wildman–Crippen MR) is 119 cm³/mol. The van der Waals surface area contributed by atoms with Crippen molar-refractivity contribution in [2.45, 2.75) is 50.9 Å². The number of carboxylic acid groups (broad SMARTS) is 1. The molecular formula is C19H25N5O5S2. The van der Waals surface area contributed by atoms with E-state index in [9.17, 15) is 19.5 Å². The van der Waals surface area contributed by atoms with Gasteiger partial charge in [-0.05, 0) is 25.3 Å². The summed E-state index contributed by atoms with van der Waals surface area (Å²) >= 11 is 2.56. The summed E-state index contributed by atoms with van der Waals surface area (Å²) in [5.41, 5.74) is 6.47. The topological polar surface area (TPSA) is 147 Å². The van der Waals surface area contributed by atoms with Gasteiger partial charge in [0.2, 0.25) is 0 Å². The van der Waals surface area contributed by atoms with Crippen LogP contribution in [-0.2, 0) is 19.2 Å². The van der Waals surface area contributed by atoms with Gasteiger partial charge >= 0.3 is 5.97 Å². The van der Waals surface area contributed by atoms with Crippen molar-refractivity contribution >= 4 is 51.7 Å². The number of unbranched alkanes of at least 4 members (excludes halogenated alkanes) is 3. The summed E-state index contributed by atoms with van der Waals surface area (Å²) in [6.07, 6.45) is 4.00. The molecule has 168 valence electrons. The van der Waals surface area contributed by atoms with E-state index in [0.717, 1.165) is 37.0 Å². The molecule has 1 saturated heterocycles. The van der Waals surface area contributed by atoms with Gasteiger partial charge in [-0.15, -0.1) is 23.1 Å². The van der Waals surface area contributed by atoms with Crippen LogP contribution in [-0.4, -0.2) is 62.3 Å². The fourth-order valence-electron chi connectivity index (χ4n) is 3.29. The van der Waals surface area contributed by atoms with Crippen molar-refractivity contribution < 1.29 is 24.3 Å². The summed E-state index contributed by atoms with van der Waals surface area (Å²) in [4.78, 5) is 47.7. The lowest BCUT2D eigenvalue weighted by molar-refractivity contribution is -0.150. The molecule has 2 amide bonds. The number of thiazole rings is 1. The number of nitrogens with zero attached hydrogens (tertiary/aromatic N) is 3. The van der Waals surface area contributed by atoms with Crippen LogP contribution in [0.5, 0.6) is 0 Å². The molecule has 0 radical (unpaired) electrons. The van der Waals surface area contributed by atoms with Crippen molar-refractivity contribution in [1.29, 1.82) is 0 Å². The van der Waals surface area contributed by atoms with Crippen molar-refractivity contribution in [3.05, 3.63) is 22.3 Å². The number of carboxylic acids is 1. The first-order chi connectivity index (χ1) is 14.8. The highest BCUT2D eigenvalue weighted by atomic mass is 32.2. The normalized spacial score (nSPS) is 20.9. The first-order valence-electron chi connectivity index (χ1n) is 9.95. The van der Waals surface area contributed by atoms with Crippen LogP contribution < -0.4 is 11.1 Å². The first-order valence-corrected chi connectivity index (χ1v) is 11.9. The Morgan fingerprint density at radius 3 is 2.84 bits per heavy atom. The highest BCUT2D eigenvalue weighted by Crippen LogP contribution is 2.40. The van der Waals surface area contributed by atoms with E-state index in [1.165, 1.54) is 16.7 Å². The Morgan fingerprint density at radius 1 is 1.42 bits per heavy atom. The van der Waals surface area contributed by atoms with E-state index < -0.39 is 29.2 Å². The molecule has 12 heteroatoms. The summed E-state index contributed by atoms with van der Waals surface area (Å²) in [5, 5.41) is 17.4. The zero-order valence-electron chi connectivity index (χ0n) is 17.3. The Bertz CT molecular complexity index is 929. The molecule has 10 nitrogen and oxygen atoms in total. The number of amides is 2. The zero-order valence-corrected chi connectivity index (χ0v) is 18.9. The number of rotatable bonds is 10. The second-order valence-electron chi connectivity index (χ2n) is 7.20. The first kappa shape index (κ1) is 23.1. The lowest BCUT2D eigenvalue weighted by atomic mass is 10.0. The van der Waals surface area contributed by atoms with E-state index >= 15 is 0 Å². The number of nitrogen functional groups attached to an aromatic ring is 1. The Balaban J connectivity index is 1.70. The van der Waals surface area contributed by atoms with Gasteiger partial charge in [0.05, 0.1) is 0 Å². The van der Waals surface area contributed by atoms with Gasteiger partial charge in [-0.3, -0.25) is 14.5 Å². The Labute approximate surface area is 187 Å². The van der Waals surface area contributed by atoms with Crippen molar-refractivity contribution in [3.63, 3.8) is 0 Å². The fourth-order valence-corrected chi connectivity index (χ4v) is 5.13. The molecule has 2 aliphatic rings. The van der Waals surface area contributed by atoms with Crippen molar-refractivity contribution in [2.75, 3.05) is 18.1 Å². The maximum absolute atomic E-state index is 12.9. The SMILES string of the molecule is CCCCCCON=C(C(=O)NC1C(=O)N2C(C(=O)O)=C(C)CS[C@@H]12)c1csc(N)n1. The van der Waals surface area contributed by atoms with Crippen LogP contribution in [0.4, 0.5) is 5.13 Å². The maximum Gasteiger partial charge on any atom is 0.352 e. The second-order valence-corrected chi connectivity index (χ2v) is 9.19. The van der Waals surface area contributed by atoms with Crippen LogP contribution in [0.25, 0.3) is 0 Å². The van der Waals surface area contributed by atoms with E-state index in [1.807, 2.05) is 0 Å². The van der Waals surface area contributed by atoms with Gasteiger partial charge in [0, 0.05) is 11.1 Å². The summed E-state index contributed by atoms with van der Waals surface area (Å²) < 4.78 is 0. The maximum atomic E-state index is 12.9. The number of anilines is 1. The summed E-state index contributed by atoms with van der Waals surface area (Å²) in [6.45, 7) is 4.15. The van der Waals surface area contributed by atoms with Crippen LogP contribution in [0.15, 0.2) is 21.8 Å². The average Bonchev–Trinajstić information content (AvgIpc) is 3.16. The molecule has 2 aliphatic heterocycles. The lowest BCUT2D eigenvalue weighted by Crippen LogP contribution is -2.71. The van der Waals surface area contributed by atoms with Gasteiger partial charge < -0.3 is 21.0 Å². The minimum absolute atomic E-state index is 0.0178. The smallest absolute Gasteiger partial charge is 0.352 e. The van der Waals surface area contributed by atoms with E-state index in [2.05, 4.69) is 22.4 Å². The largest absolute Gasteiger partial charge is 0.477 e. The molecule has 3 rings (SSSR count). The molecular weight excluding hydrogens is 442 g/mol. The molecule has 1 unspecified atom stereocenters. The number of thioether (sulfide) groups is 1. The van der Waals surface area contributed by atoms with Crippen LogP contribution in [0.2, 0.25) is 0 Å². The Hall–Kier alpha value is -2.60. The summed E-state index contributed by atoms with van der Waals surface area (Å²) in [6, 6.07) is -0.856. The highest BCUT2D eigenvalue weighted by molar-refractivity contribution is 8.00. The number of fused-ring (bicyclic) bond motifs is 1. The molecule has 0 saturated carbocycles. The molecule has 31 heavy (non-hydrogen) atoms. The second kappa shape index (κ2) is 10.1. The molecule has 1 aromatic heterocycles. The number of hydrogen-bond donors (Lipinski definition) is 3. The Morgan fingerprint density at radius 2 is 2.19 bits per heavy atom. The highest BCUT2D eigenvalue weighted by Gasteiger charge is 2.54. The number of aliphatic carboxylic acids is 1. The molecule has 3 heterocycles. The standard InChI is InChI=1S/C19H25N5O5S2/c1-3-4-5-6-7-29-23-12(11-9-31-19(20)21-11)15(25)22-13-16(26)24-14(18(27)28)10(2)8-30-17(13)24/h9,13,17H,3-8H2,1-2H3,(H2,20,21)(H,22,25)(H,27,28)/t13?,17-/m0/s1. The molecule has 0 bridgehead atoms. The number of hydrogen-bond acceptors (Lipinski definition) is 9. The number of β-lactam (4-membered cyclic amide) rings is 1. The van der Waals surface area contributed by atoms with Gasteiger partial charge in [0.25, 0.3) is 11.8 Å². The van der Waals surface area contributed by atoms with Crippen molar-refractivity contribution in [3.8, 4) is 0 Å². The van der Waals surface area contributed by atoms with E-state index in [0.29, 0.717) is 17.9 Å². The summed E-state index contributed by atoms with van der Waals surface area (Å²) in [5.74, 6) is -1.79. The quantitative estimate of drug-likeness (QED) is 0.204. The lowest BCUT2D eigenvalue weighted by Gasteiger charge is -2.49. The van der Waals surface area contributed by atoms with Crippen molar-refractivity contribution in [2.24, 2.45) is 5.16 Å². The number of carbonyl (C=O) groups is 3. The van der Waals surface area contributed by atoms with Crippen LogP contribution in [0.3, 0.4) is 0 Å². The third-order valence-corrected chi connectivity index (χ3v) is 6.97. The third kappa shape index (κ3) is 5.01. The third-order valence-electron chi connectivity index (χ3n) is 4.87. The Kier molecular flexibility index (Phi) is 7.55. The molecule has 0 aromatic carbocycles. The molecule has 1 aromatic rings. The van der Waals surface area contributed by atoms with E-state index in [-0.39, 0.29) is 22.2 Å². The van der Waals surface area contributed by atoms with Gasteiger partial charge in [-0.1, -0.05) is 24.9 Å². The molecule has 0 aliphatic carbocycles. The minimum Gasteiger partial charge on any atom is -0.477 e. The van der Waals surface area contributed by atoms with Crippen LogP contribution in [0.1, 0.15) is 45.2 Å². The average molecular weight is 468 g/mol. The number of nitrogens with one attached hydrogen (secondary N) is 1. The van der Waals surface area contributed by atoms with Crippen LogP contribution >= 0.6 is 23.1 Å². The van der Waals surface area contributed by atoms with Crippen molar-refractivity contribution in [1.82, 2.24) is 15.2 Å².